The Morgan fingerprint density at radius 3 is 2.23 bits per heavy atom. The van der Waals surface area contributed by atoms with Gasteiger partial charge in [-0.3, -0.25) is 5.10 Å². The van der Waals surface area contributed by atoms with Crippen molar-refractivity contribution in [1.29, 1.82) is 0 Å². The van der Waals surface area contributed by atoms with E-state index in [9.17, 15) is 0 Å². The number of benzene rings is 3. The summed E-state index contributed by atoms with van der Waals surface area (Å²) in [6.45, 7) is 0.551. The van der Waals surface area contributed by atoms with Crippen LogP contribution < -0.4 is 9.47 Å². The third-order valence-corrected chi connectivity index (χ3v) is 4.77. The van der Waals surface area contributed by atoms with E-state index in [2.05, 4.69) is 20.2 Å². The highest BCUT2D eigenvalue weighted by molar-refractivity contribution is 5.74. The molecule has 0 spiro atoms. The minimum atomic E-state index is 0.551. The first kappa shape index (κ1) is 18.0. The second-order valence-corrected chi connectivity index (χ2v) is 6.87. The maximum Gasteiger partial charge on any atom is 0.127 e. The van der Waals surface area contributed by atoms with Gasteiger partial charge >= 0.3 is 0 Å². The zero-order valence-electron chi connectivity index (χ0n) is 16.2. The molecule has 0 bridgehead atoms. The number of para-hydroxylation sites is 2. The van der Waals surface area contributed by atoms with Gasteiger partial charge in [0.25, 0.3) is 0 Å². The standard InChI is InChI=1S/C24H20N4O2/c1-2-4-23-22(3-1)26-24(27-23)14-16-29-18-9-11-20(12-10-18)30-19-7-5-17(6-8-19)21-13-15-25-28-21/h1-13,15H,14,16H2,(H,25,28)(H,26,27). The highest BCUT2D eigenvalue weighted by Crippen LogP contribution is 2.26. The van der Waals surface area contributed by atoms with Gasteiger partial charge in [-0.2, -0.15) is 5.10 Å². The van der Waals surface area contributed by atoms with Crippen LogP contribution in [0, 0.1) is 0 Å². The van der Waals surface area contributed by atoms with E-state index >= 15 is 0 Å². The summed E-state index contributed by atoms with van der Waals surface area (Å²) >= 11 is 0. The van der Waals surface area contributed by atoms with Gasteiger partial charge in [-0.1, -0.05) is 12.1 Å². The molecule has 0 amide bonds. The molecule has 0 fully saturated rings. The number of nitrogens with zero attached hydrogens (tertiary/aromatic N) is 2. The maximum absolute atomic E-state index is 5.92. The number of ether oxygens (including phenoxy) is 2. The first-order chi connectivity index (χ1) is 14.8. The molecule has 3 aromatic carbocycles. The Bertz CT molecular complexity index is 1190. The fraction of sp³-hybridized carbons (Fsp3) is 0.0833. The van der Waals surface area contributed by atoms with E-state index in [1.165, 1.54) is 0 Å². The van der Waals surface area contributed by atoms with Crippen LogP contribution in [0.1, 0.15) is 5.82 Å². The molecule has 5 aromatic rings. The van der Waals surface area contributed by atoms with Crippen molar-refractivity contribution in [3.8, 4) is 28.5 Å². The van der Waals surface area contributed by atoms with Crippen LogP contribution in [0.15, 0.2) is 85.1 Å². The highest BCUT2D eigenvalue weighted by Gasteiger charge is 2.04. The van der Waals surface area contributed by atoms with Crippen molar-refractivity contribution in [3.63, 3.8) is 0 Å². The van der Waals surface area contributed by atoms with Crippen molar-refractivity contribution in [1.82, 2.24) is 20.2 Å². The van der Waals surface area contributed by atoms with Gasteiger partial charge in [0.2, 0.25) is 0 Å². The third kappa shape index (κ3) is 4.03. The lowest BCUT2D eigenvalue weighted by atomic mass is 10.1. The largest absolute Gasteiger partial charge is 0.493 e. The van der Waals surface area contributed by atoms with Crippen LogP contribution in [0.5, 0.6) is 17.2 Å². The summed E-state index contributed by atoms with van der Waals surface area (Å²) in [5, 5.41) is 6.92. The van der Waals surface area contributed by atoms with Gasteiger partial charge < -0.3 is 14.5 Å². The van der Waals surface area contributed by atoms with E-state index in [1.807, 2.05) is 78.9 Å². The molecule has 0 saturated carbocycles. The van der Waals surface area contributed by atoms with Crippen LogP contribution in [-0.4, -0.2) is 26.8 Å². The molecule has 0 atom stereocenters. The smallest absolute Gasteiger partial charge is 0.127 e. The van der Waals surface area contributed by atoms with Gasteiger partial charge in [0.1, 0.15) is 23.1 Å². The number of nitrogens with one attached hydrogen (secondary N) is 2. The van der Waals surface area contributed by atoms with Crippen LogP contribution in [-0.2, 0) is 6.42 Å². The van der Waals surface area contributed by atoms with Crippen molar-refractivity contribution in [2.24, 2.45) is 0 Å². The topological polar surface area (TPSA) is 75.8 Å². The minimum Gasteiger partial charge on any atom is -0.493 e. The van der Waals surface area contributed by atoms with E-state index in [0.717, 1.165) is 51.8 Å². The molecule has 2 N–H and O–H groups in total. The van der Waals surface area contributed by atoms with Gasteiger partial charge in [-0.25, -0.2) is 4.98 Å². The number of aromatic amines is 2. The molecule has 0 aliphatic carbocycles. The van der Waals surface area contributed by atoms with Crippen LogP contribution in [0.2, 0.25) is 0 Å². The summed E-state index contributed by atoms with van der Waals surface area (Å²) in [6, 6.07) is 25.4. The van der Waals surface area contributed by atoms with Crippen molar-refractivity contribution in [2.75, 3.05) is 6.61 Å². The second-order valence-electron chi connectivity index (χ2n) is 6.87. The number of aromatic nitrogens is 4. The molecular formula is C24H20N4O2. The van der Waals surface area contributed by atoms with Gasteiger partial charge in [0.05, 0.1) is 23.3 Å². The third-order valence-electron chi connectivity index (χ3n) is 4.77. The molecule has 2 heterocycles. The van der Waals surface area contributed by atoms with E-state index in [-0.39, 0.29) is 0 Å². The number of hydrogen-bond donors (Lipinski definition) is 2. The Balaban J connectivity index is 1.15. The summed E-state index contributed by atoms with van der Waals surface area (Å²) in [5.41, 5.74) is 4.07. The van der Waals surface area contributed by atoms with Crippen LogP contribution in [0.4, 0.5) is 0 Å². The van der Waals surface area contributed by atoms with Gasteiger partial charge in [-0.15, -0.1) is 0 Å². The van der Waals surface area contributed by atoms with E-state index in [0.29, 0.717) is 6.61 Å². The molecular weight excluding hydrogens is 376 g/mol. The zero-order chi connectivity index (χ0) is 20.2. The maximum atomic E-state index is 5.92. The predicted molar refractivity (Wildman–Crippen MR) is 116 cm³/mol. The molecule has 0 aliphatic heterocycles. The number of imidazole rings is 1. The van der Waals surface area contributed by atoms with Crippen molar-refractivity contribution < 1.29 is 9.47 Å². The number of rotatable bonds is 7. The molecule has 0 saturated heterocycles. The van der Waals surface area contributed by atoms with E-state index < -0.39 is 0 Å². The predicted octanol–water partition coefficient (Wildman–Crippen LogP) is 5.37. The summed E-state index contributed by atoms with van der Waals surface area (Å²) in [4.78, 5) is 7.88. The Kier molecular flexibility index (Phi) is 4.88. The summed E-state index contributed by atoms with van der Waals surface area (Å²) in [7, 11) is 0. The lowest BCUT2D eigenvalue weighted by Gasteiger charge is -2.08. The second kappa shape index (κ2) is 8.13. The average Bonchev–Trinajstić information content (AvgIpc) is 3.45. The normalized spacial score (nSPS) is 10.9. The minimum absolute atomic E-state index is 0.551. The van der Waals surface area contributed by atoms with Crippen molar-refractivity contribution in [2.45, 2.75) is 6.42 Å². The van der Waals surface area contributed by atoms with Crippen molar-refractivity contribution >= 4 is 11.0 Å². The molecule has 5 rings (SSSR count). The molecule has 0 radical (unpaired) electrons. The van der Waals surface area contributed by atoms with Gasteiger partial charge in [-0.05, 0) is 72.3 Å². The van der Waals surface area contributed by atoms with Crippen molar-refractivity contribution in [3.05, 3.63) is 90.9 Å². The highest BCUT2D eigenvalue weighted by atomic mass is 16.5. The molecule has 6 heteroatoms. The number of hydrogen-bond acceptors (Lipinski definition) is 4. The first-order valence-electron chi connectivity index (χ1n) is 9.78. The van der Waals surface area contributed by atoms with Gasteiger partial charge in [0.15, 0.2) is 0 Å². The zero-order valence-corrected chi connectivity index (χ0v) is 16.2. The average molecular weight is 396 g/mol. The van der Waals surface area contributed by atoms with Crippen LogP contribution in [0.25, 0.3) is 22.3 Å². The first-order valence-corrected chi connectivity index (χ1v) is 9.78. The molecule has 0 aliphatic rings. The number of H-pyrrole nitrogens is 2. The lowest BCUT2D eigenvalue weighted by Crippen LogP contribution is -2.02. The molecule has 148 valence electrons. The Hall–Kier alpha value is -4.06. The monoisotopic (exact) mass is 396 g/mol. The Labute approximate surface area is 173 Å². The Morgan fingerprint density at radius 2 is 1.50 bits per heavy atom. The SMILES string of the molecule is c1ccc2[nH]c(CCOc3ccc(Oc4ccc(-c5ccn[nH]5)cc4)cc3)nc2c1. The fourth-order valence-electron chi connectivity index (χ4n) is 3.25. The quantitative estimate of drug-likeness (QED) is 0.388. The van der Waals surface area contributed by atoms with Crippen LogP contribution in [0.3, 0.4) is 0 Å². The fourth-order valence-corrected chi connectivity index (χ4v) is 3.25. The summed E-state index contributed by atoms with van der Waals surface area (Å²) in [6.07, 6.45) is 2.45. The van der Waals surface area contributed by atoms with E-state index in [4.69, 9.17) is 9.47 Å². The van der Waals surface area contributed by atoms with Crippen LogP contribution >= 0.6 is 0 Å². The summed E-state index contributed by atoms with van der Waals surface area (Å²) in [5.74, 6) is 3.26. The summed E-state index contributed by atoms with van der Waals surface area (Å²) < 4.78 is 11.8. The van der Waals surface area contributed by atoms with E-state index in [1.54, 1.807) is 6.20 Å². The molecule has 6 nitrogen and oxygen atoms in total. The lowest BCUT2D eigenvalue weighted by molar-refractivity contribution is 0.319. The Morgan fingerprint density at radius 1 is 0.767 bits per heavy atom. The van der Waals surface area contributed by atoms with Gasteiger partial charge in [0, 0.05) is 12.6 Å². The molecule has 30 heavy (non-hydrogen) atoms. The molecule has 2 aromatic heterocycles. The molecule has 0 unspecified atom stereocenters. The number of fused-ring (bicyclic) bond motifs is 1.